The maximum atomic E-state index is 12.2. The Balaban J connectivity index is 1.43. The van der Waals surface area contributed by atoms with Gasteiger partial charge in [0.1, 0.15) is 11.2 Å². The van der Waals surface area contributed by atoms with E-state index in [9.17, 15) is 9.59 Å². The van der Waals surface area contributed by atoms with E-state index < -0.39 is 0 Å². The van der Waals surface area contributed by atoms with E-state index in [-0.39, 0.29) is 18.4 Å². The van der Waals surface area contributed by atoms with Crippen LogP contribution in [0.5, 0.6) is 0 Å². The first-order valence-corrected chi connectivity index (χ1v) is 9.40. The number of rotatable bonds is 4. The average Bonchev–Trinajstić information content (AvgIpc) is 3.00. The summed E-state index contributed by atoms with van der Waals surface area (Å²) in [7, 11) is 0. The minimum Gasteiger partial charge on any atom is -0.456 e. The summed E-state index contributed by atoms with van der Waals surface area (Å²) in [6.07, 6.45) is 0. The van der Waals surface area contributed by atoms with Crippen LogP contribution in [0, 0.1) is 0 Å². The molecule has 1 aliphatic heterocycles. The minimum atomic E-state index is -0.136. The zero-order valence-corrected chi connectivity index (χ0v) is 14.5. The number of piperazine rings is 1. The van der Waals surface area contributed by atoms with Crippen molar-refractivity contribution in [3.63, 3.8) is 0 Å². The van der Waals surface area contributed by atoms with Crippen LogP contribution in [0.4, 0.5) is 0 Å². The summed E-state index contributed by atoms with van der Waals surface area (Å²) >= 11 is 1.53. The molecule has 5 nitrogen and oxygen atoms in total. The summed E-state index contributed by atoms with van der Waals surface area (Å²) in [5.41, 5.74) is 2.90. The molecule has 2 heterocycles. The molecule has 3 aromatic rings. The quantitative estimate of drug-likeness (QED) is 0.781. The van der Waals surface area contributed by atoms with Crippen molar-refractivity contribution in [1.29, 1.82) is 0 Å². The second-order valence-electron chi connectivity index (χ2n) is 6.04. The number of hydrogen-bond donors (Lipinski definition) is 1. The largest absolute Gasteiger partial charge is 0.456 e. The van der Waals surface area contributed by atoms with Crippen LogP contribution < -0.4 is 5.32 Å². The second-order valence-corrected chi connectivity index (χ2v) is 7.02. The van der Waals surface area contributed by atoms with E-state index >= 15 is 0 Å². The van der Waals surface area contributed by atoms with Gasteiger partial charge in [0.15, 0.2) is 0 Å². The molecule has 0 aliphatic carbocycles. The van der Waals surface area contributed by atoms with Gasteiger partial charge in [-0.15, -0.1) is 11.8 Å². The molecule has 1 fully saturated rings. The molecule has 1 N–H and O–H groups in total. The molecule has 0 radical (unpaired) electrons. The van der Waals surface area contributed by atoms with E-state index in [0.717, 1.165) is 33.3 Å². The Kier molecular flexibility index (Phi) is 4.46. The van der Waals surface area contributed by atoms with Crippen LogP contribution >= 0.6 is 11.8 Å². The highest BCUT2D eigenvalue weighted by atomic mass is 32.2. The number of nitrogens with zero attached hydrogens (tertiary/aromatic N) is 1. The molecule has 1 aliphatic rings. The van der Waals surface area contributed by atoms with E-state index in [4.69, 9.17) is 4.42 Å². The standard InChI is InChI=1S/C19H18N2O3S/c22-18-10-20-7-8-21(18)19(23)12-25-11-13-5-6-17-15(9-13)14-3-1-2-4-16(14)24-17/h1-6,9,20H,7-8,10-12H2. The number of benzene rings is 2. The fraction of sp³-hybridized carbons (Fsp3) is 0.263. The molecule has 4 rings (SSSR count). The summed E-state index contributed by atoms with van der Waals surface area (Å²) < 4.78 is 5.83. The number of nitrogens with one attached hydrogen (secondary N) is 1. The maximum Gasteiger partial charge on any atom is 0.243 e. The van der Waals surface area contributed by atoms with Gasteiger partial charge in [0.25, 0.3) is 0 Å². The van der Waals surface area contributed by atoms with Crippen LogP contribution in [-0.2, 0) is 15.3 Å². The van der Waals surface area contributed by atoms with Gasteiger partial charge in [-0.05, 0) is 23.8 Å². The molecular formula is C19H18N2O3S. The number of imide groups is 1. The zero-order valence-electron chi connectivity index (χ0n) is 13.7. The highest BCUT2D eigenvalue weighted by Gasteiger charge is 2.23. The Morgan fingerprint density at radius 3 is 2.88 bits per heavy atom. The molecular weight excluding hydrogens is 336 g/mol. The SMILES string of the molecule is O=C1CNCCN1C(=O)CSCc1ccc2oc3ccccc3c2c1. The lowest BCUT2D eigenvalue weighted by molar-refractivity contribution is -0.144. The van der Waals surface area contributed by atoms with Gasteiger partial charge in [-0.1, -0.05) is 24.3 Å². The lowest BCUT2D eigenvalue weighted by Crippen LogP contribution is -2.51. The number of carbonyl (C=O) groups is 2. The number of hydrogen-bond acceptors (Lipinski definition) is 5. The van der Waals surface area contributed by atoms with Gasteiger partial charge < -0.3 is 9.73 Å². The van der Waals surface area contributed by atoms with Gasteiger partial charge in [0.05, 0.1) is 12.3 Å². The van der Waals surface area contributed by atoms with E-state index in [1.807, 2.05) is 30.3 Å². The highest BCUT2D eigenvalue weighted by molar-refractivity contribution is 7.99. The summed E-state index contributed by atoms with van der Waals surface area (Å²) in [6, 6.07) is 14.1. The Hall–Kier alpha value is -2.31. The maximum absolute atomic E-state index is 12.2. The van der Waals surface area contributed by atoms with Gasteiger partial charge in [0.2, 0.25) is 11.8 Å². The number of fused-ring (bicyclic) bond motifs is 3. The average molecular weight is 354 g/mol. The van der Waals surface area contributed by atoms with Crippen LogP contribution in [0.2, 0.25) is 0 Å². The highest BCUT2D eigenvalue weighted by Crippen LogP contribution is 2.30. The Labute approximate surface area is 149 Å². The van der Waals surface area contributed by atoms with Crippen LogP contribution in [0.3, 0.4) is 0 Å². The van der Waals surface area contributed by atoms with Crippen molar-refractivity contribution in [2.75, 3.05) is 25.4 Å². The third kappa shape index (κ3) is 3.27. The summed E-state index contributed by atoms with van der Waals surface area (Å²) in [5, 5.41) is 5.17. The molecule has 2 aromatic carbocycles. The number of carbonyl (C=O) groups excluding carboxylic acids is 2. The fourth-order valence-corrected chi connectivity index (χ4v) is 3.92. The van der Waals surface area contributed by atoms with Gasteiger partial charge >= 0.3 is 0 Å². The van der Waals surface area contributed by atoms with E-state index in [2.05, 4.69) is 17.4 Å². The van der Waals surface area contributed by atoms with Crippen LogP contribution in [0.25, 0.3) is 21.9 Å². The Bertz CT molecular complexity index is 950. The summed E-state index contributed by atoms with van der Waals surface area (Å²) in [4.78, 5) is 25.3. The zero-order chi connectivity index (χ0) is 17.2. The molecule has 1 aromatic heterocycles. The van der Waals surface area contributed by atoms with Crippen molar-refractivity contribution in [1.82, 2.24) is 10.2 Å². The van der Waals surface area contributed by atoms with Crippen molar-refractivity contribution >= 4 is 45.5 Å². The van der Waals surface area contributed by atoms with Crippen molar-refractivity contribution in [3.05, 3.63) is 48.0 Å². The van der Waals surface area contributed by atoms with Gasteiger partial charge in [-0.3, -0.25) is 14.5 Å². The van der Waals surface area contributed by atoms with E-state index in [0.29, 0.717) is 18.8 Å². The topological polar surface area (TPSA) is 62.6 Å². The van der Waals surface area contributed by atoms with Crippen molar-refractivity contribution < 1.29 is 14.0 Å². The Morgan fingerprint density at radius 1 is 1.16 bits per heavy atom. The number of thioether (sulfide) groups is 1. The third-order valence-electron chi connectivity index (χ3n) is 4.33. The monoisotopic (exact) mass is 354 g/mol. The van der Waals surface area contributed by atoms with Crippen molar-refractivity contribution in [2.24, 2.45) is 0 Å². The summed E-state index contributed by atoms with van der Waals surface area (Å²) in [5.74, 6) is 0.798. The Morgan fingerprint density at radius 2 is 2.00 bits per heavy atom. The lowest BCUT2D eigenvalue weighted by Gasteiger charge is -2.25. The second kappa shape index (κ2) is 6.90. The predicted octanol–water partition coefficient (Wildman–Crippen LogP) is 2.78. The first-order chi connectivity index (χ1) is 12.2. The molecule has 0 unspecified atom stereocenters. The first kappa shape index (κ1) is 16.2. The molecule has 0 bridgehead atoms. The number of furan rings is 1. The normalized spacial score (nSPS) is 15.2. The van der Waals surface area contributed by atoms with Crippen molar-refractivity contribution in [3.8, 4) is 0 Å². The lowest BCUT2D eigenvalue weighted by atomic mass is 10.1. The number of para-hydroxylation sites is 1. The number of amides is 2. The first-order valence-electron chi connectivity index (χ1n) is 8.24. The third-order valence-corrected chi connectivity index (χ3v) is 5.31. The van der Waals surface area contributed by atoms with Gasteiger partial charge in [-0.2, -0.15) is 0 Å². The van der Waals surface area contributed by atoms with Gasteiger partial charge in [0, 0.05) is 29.6 Å². The minimum absolute atomic E-state index is 0.105. The van der Waals surface area contributed by atoms with E-state index in [1.165, 1.54) is 16.7 Å². The van der Waals surface area contributed by atoms with Crippen LogP contribution in [0.1, 0.15) is 5.56 Å². The molecule has 25 heavy (non-hydrogen) atoms. The molecule has 128 valence electrons. The molecule has 0 saturated carbocycles. The molecule has 2 amide bonds. The molecule has 6 heteroatoms. The van der Waals surface area contributed by atoms with Crippen LogP contribution in [0.15, 0.2) is 46.9 Å². The van der Waals surface area contributed by atoms with Crippen LogP contribution in [-0.4, -0.2) is 42.1 Å². The van der Waals surface area contributed by atoms with Crippen molar-refractivity contribution in [2.45, 2.75) is 5.75 Å². The predicted molar refractivity (Wildman–Crippen MR) is 99.5 cm³/mol. The smallest absolute Gasteiger partial charge is 0.243 e. The molecule has 0 atom stereocenters. The molecule has 0 spiro atoms. The molecule has 1 saturated heterocycles. The summed E-state index contributed by atoms with van der Waals surface area (Å²) in [6.45, 7) is 1.39. The van der Waals surface area contributed by atoms with Gasteiger partial charge in [-0.25, -0.2) is 0 Å². The fourth-order valence-electron chi connectivity index (χ4n) is 3.07. The van der Waals surface area contributed by atoms with E-state index in [1.54, 1.807) is 0 Å².